The molecule has 1 amide bonds. The molecular weight excluding hydrogens is 308 g/mol. The number of rotatable bonds is 7. The smallest absolute Gasteiger partial charge is 0.258 e. The summed E-state index contributed by atoms with van der Waals surface area (Å²) in [4.78, 5) is 15.4. The van der Waals surface area contributed by atoms with Gasteiger partial charge >= 0.3 is 0 Å². The molecule has 2 aromatic rings. The Morgan fingerprint density at radius 1 is 1.26 bits per heavy atom. The van der Waals surface area contributed by atoms with Crippen LogP contribution in [0.5, 0.6) is 5.75 Å². The Kier molecular flexibility index (Phi) is 6.19. The molecule has 4 nitrogen and oxygen atoms in total. The lowest BCUT2D eigenvalue weighted by Crippen LogP contribution is -2.36. The molecule has 0 saturated carbocycles. The van der Waals surface area contributed by atoms with E-state index in [2.05, 4.69) is 28.6 Å². The van der Waals surface area contributed by atoms with E-state index >= 15 is 0 Å². The maximum absolute atomic E-state index is 12.0. The number of benzene rings is 1. The first-order valence-corrected chi connectivity index (χ1v) is 8.52. The van der Waals surface area contributed by atoms with Gasteiger partial charge in [0.05, 0.1) is 6.04 Å². The number of carbonyl (C=O) groups excluding carboxylic acids is 1. The summed E-state index contributed by atoms with van der Waals surface area (Å²) in [6.45, 7) is 4.69. The number of hydrogen-bond donors (Lipinski definition) is 1. The van der Waals surface area contributed by atoms with Crippen LogP contribution in [0.2, 0.25) is 0 Å². The summed E-state index contributed by atoms with van der Waals surface area (Å²) in [5, 5.41) is 5.00. The molecule has 1 atom stereocenters. The van der Waals surface area contributed by atoms with Gasteiger partial charge in [0.2, 0.25) is 0 Å². The molecule has 1 unspecified atom stereocenters. The van der Waals surface area contributed by atoms with Gasteiger partial charge in [0.1, 0.15) is 5.75 Å². The van der Waals surface area contributed by atoms with Gasteiger partial charge in [0.25, 0.3) is 5.91 Å². The van der Waals surface area contributed by atoms with Crippen LogP contribution in [0.4, 0.5) is 0 Å². The van der Waals surface area contributed by atoms with Crippen molar-refractivity contribution < 1.29 is 9.53 Å². The summed E-state index contributed by atoms with van der Waals surface area (Å²) in [5.41, 5.74) is 2.37. The highest BCUT2D eigenvalue weighted by molar-refractivity contribution is 7.10. The van der Waals surface area contributed by atoms with Crippen molar-refractivity contribution in [3.05, 3.63) is 51.7 Å². The number of aryl methyl sites for hydroxylation is 2. The second kappa shape index (κ2) is 8.13. The van der Waals surface area contributed by atoms with Gasteiger partial charge in [-0.1, -0.05) is 12.1 Å². The quantitative estimate of drug-likeness (QED) is 0.847. The van der Waals surface area contributed by atoms with Crippen molar-refractivity contribution in [2.24, 2.45) is 0 Å². The van der Waals surface area contributed by atoms with E-state index in [0.717, 1.165) is 11.3 Å². The molecule has 1 aromatic carbocycles. The van der Waals surface area contributed by atoms with E-state index in [1.807, 2.05) is 45.3 Å². The number of carbonyl (C=O) groups is 1. The summed E-state index contributed by atoms with van der Waals surface area (Å²) in [6, 6.07) is 10.1. The van der Waals surface area contributed by atoms with Crippen LogP contribution in [0.15, 0.2) is 35.7 Å². The van der Waals surface area contributed by atoms with Gasteiger partial charge in [-0.3, -0.25) is 4.79 Å². The number of amides is 1. The van der Waals surface area contributed by atoms with Gasteiger partial charge < -0.3 is 15.0 Å². The minimum atomic E-state index is -0.105. The largest absolute Gasteiger partial charge is 0.484 e. The molecule has 0 spiro atoms. The minimum Gasteiger partial charge on any atom is -0.484 e. The molecule has 5 heteroatoms. The van der Waals surface area contributed by atoms with Crippen molar-refractivity contribution in [1.82, 2.24) is 10.2 Å². The maximum atomic E-state index is 12.0. The summed E-state index contributed by atoms with van der Waals surface area (Å²) in [7, 11) is 4.03. The number of thiophene rings is 1. The number of nitrogens with one attached hydrogen (secondary N) is 1. The lowest BCUT2D eigenvalue weighted by atomic mass is 10.1. The molecule has 1 heterocycles. The molecule has 23 heavy (non-hydrogen) atoms. The van der Waals surface area contributed by atoms with E-state index in [4.69, 9.17) is 4.74 Å². The van der Waals surface area contributed by atoms with Gasteiger partial charge in [0.15, 0.2) is 6.61 Å². The third-order valence-electron chi connectivity index (χ3n) is 3.84. The highest BCUT2D eigenvalue weighted by atomic mass is 32.1. The van der Waals surface area contributed by atoms with Crippen molar-refractivity contribution in [3.63, 3.8) is 0 Å². The van der Waals surface area contributed by atoms with Crippen molar-refractivity contribution in [1.29, 1.82) is 0 Å². The van der Waals surface area contributed by atoms with Crippen LogP contribution in [0.25, 0.3) is 0 Å². The molecule has 124 valence electrons. The lowest BCUT2D eigenvalue weighted by molar-refractivity contribution is -0.123. The molecule has 1 N–H and O–H groups in total. The fourth-order valence-corrected chi connectivity index (χ4v) is 3.16. The van der Waals surface area contributed by atoms with Crippen molar-refractivity contribution in [3.8, 4) is 5.75 Å². The molecule has 0 aliphatic rings. The van der Waals surface area contributed by atoms with Gasteiger partial charge in [-0.25, -0.2) is 0 Å². The summed E-state index contributed by atoms with van der Waals surface area (Å²) >= 11 is 1.70. The molecule has 0 aliphatic heterocycles. The van der Waals surface area contributed by atoms with Crippen LogP contribution in [-0.2, 0) is 4.79 Å². The Balaban J connectivity index is 1.83. The molecule has 1 aromatic heterocycles. The number of ether oxygens (including phenoxy) is 1. The van der Waals surface area contributed by atoms with Crippen LogP contribution >= 0.6 is 11.3 Å². The number of likely N-dealkylation sites (N-methyl/N-ethyl adjacent to an activating group) is 1. The van der Waals surface area contributed by atoms with Gasteiger partial charge in [-0.05, 0) is 62.6 Å². The second-order valence-electron chi connectivity index (χ2n) is 5.83. The Morgan fingerprint density at radius 2 is 2.04 bits per heavy atom. The fraction of sp³-hybridized carbons (Fsp3) is 0.389. The minimum absolute atomic E-state index is 0.0348. The van der Waals surface area contributed by atoms with Crippen LogP contribution in [0, 0.1) is 13.8 Å². The predicted octanol–water partition coefficient (Wildman–Crippen LogP) is 3.16. The first-order valence-electron chi connectivity index (χ1n) is 7.64. The monoisotopic (exact) mass is 332 g/mol. The van der Waals surface area contributed by atoms with E-state index in [1.165, 1.54) is 10.4 Å². The first-order chi connectivity index (χ1) is 11.0. The normalized spacial score (nSPS) is 12.2. The number of hydrogen-bond acceptors (Lipinski definition) is 4. The molecule has 0 bridgehead atoms. The van der Waals surface area contributed by atoms with Crippen molar-refractivity contribution in [2.45, 2.75) is 19.9 Å². The standard InChI is InChI=1S/C18H24N2O2S/c1-13-7-8-15(10-14(13)2)22-12-18(21)19-11-16(20(3)4)17-6-5-9-23-17/h5-10,16H,11-12H2,1-4H3,(H,19,21). The molecule has 2 rings (SSSR count). The Labute approximate surface area is 142 Å². The van der Waals surface area contributed by atoms with Crippen LogP contribution in [-0.4, -0.2) is 38.1 Å². The SMILES string of the molecule is Cc1ccc(OCC(=O)NCC(c2cccs2)N(C)C)cc1C. The molecular formula is C18H24N2O2S. The van der Waals surface area contributed by atoms with Crippen LogP contribution in [0.3, 0.4) is 0 Å². The van der Waals surface area contributed by atoms with Gasteiger partial charge in [0, 0.05) is 11.4 Å². The first kappa shape index (κ1) is 17.5. The average Bonchev–Trinajstić information content (AvgIpc) is 3.02. The average molecular weight is 332 g/mol. The third kappa shape index (κ3) is 5.08. The summed E-state index contributed by atoms with van der Waals surface area (Å²) in [5.74, 6) is 0.623. The van der Waals surface area contributed by atoms with Crippen molar-refractivity contribution >= 4 is 17.2 Å². The van der Waals surface area contributed by atoms with E-state index < -0.39 is 0 Å². The fourth-order valence-electron chi connectivity index (χ4n) is 2.23. The van der Waals surface area contributed by atoms with E-state index in [9.17, 15) is 4.79 Å². The topological polar surface area (TPSA) is 41.6 Å². The zero-order valence-electron chi connectivity index (χ0n) is 14.1. The zero-order valence-corrected chi connectivity index (χ0v) is 14.9. The van der Waals surface area contributed by atoms with Crippen LogP contribution < -0.4 is 10.1 Å². The Morgan fingerprint density at radius 3 is 2.65 bits per heavy atom. The Bertz CT molecular complexity index is 638. The molecule has 0 aliphatic carbocycles. The maximum Gasteiger partial charge on any atom is 0.258 e. The van der Waals surface area contributed by atoms with E-state index in [-0.39, 0.29) is 18.6 Å². The summed E-state index contributed by atoms with van der Waals surface area (Å²) in [6.07, 6.45) is 0. The van der Waals surface area contributed by atoms with Crippen molar-refractivity contribution in [2.75, 3.05) is 27.2 Å². The summed E-state index contributed by atoms with van der Waals surface area (Å²) < 4.78 is 5.56. The van der Waals surface area contributed by atoms with Crippen LogP contribution in [0.1, 0.15) is 22.0 Å². The number of nitrogens with zero attached hydrogens (tertiary/aromatic N) is 1. The highest BCUT2D eigenvalue weighted by Crippen LogP contribution is 2.22. The third-order valence-corrected chi connectivity index (χ3v) is 4.81. The lowest BCUT2D eigenvalue weighted by Gasteiger charge is -2.23. The van der Waals surface area contributed by atoms with Gasteiger partial charge in [-0.15, -0.1) is 11.3 Å². The predicted molar refractivity (Wildman–Crippen MR) is 95.2 cm³/mol. The Hall–Kier alpha value is -1.85. The van der Waals surface area contributed by atoms with E-state index in [1.54, 1.807) is 11.3 Å². The molecule has 0 fully saturated rings. The zero-order chi connectivity index (χ0) is 16.8. The molecule has 0 saturated heterocycles. The van der Waals surface area contributed by atoms with E-state index in [0.29, 0.717) is 6.54 Å². The molecule has 0 radical (unpaired) electrons. The van der Waals surface area contributed by atoms with Gasteiger partial charge in [-0.2, -0.15) is 0 Å². The highest BCUT2D eigenvalue weighted by Gasteiger charge is 2.16. The second-order valence-corrected chi connectivity index (χ2v) is 6.81.